The minimum absolute atomic E-state index is 0. The third kappa shape index (κ3) is 1.77. The van der Waals surface area contributed by atoms with Crippen molar-refractivity contribution >= 4 is 5.69 Å². The number of hydrogen-bond acceptors (Lipinski definition) is 2. The Morgan fingerprint density at radius 3 is 2.36 bits per heavy atom. The molecule has 0 bridgehead atoms. The number of benzene rings is 1. The molecule has 0 saturated carbocycles. The number of hydrogen-bond donors (Lipinski definition) is 0. The predicted octanol–water partition coefficient (Wildman–Crippen LogP) is 2.27. The first-order valence-corrected chi connectivity index (χ1v) is 3.47. The minimum atomic E-state index is -0.389. The van der Waals surface area contributed by atoms with E-state index in [-0.39, 0.29) is 12.0 Å². The smallest absolute Gasteiger partial charge is 0.258 e. The maximum absolute atomic E-state index is 10.2. The highest BCUT2D eigenvalue weighted by molar-refractivity contribution is 5.32. The van der Waals surface area contributed by atoms with Gasteiger partial charge < -0.3 is 0 Å². The van der Waals surface area contributed by atoms with Crippen LogP contribution in [0.15, 0.2) is 24.3 Å². The average Bonchev–Trinajstić information content (AvgIpc) is 2.05. The fraction of sp³-hybridized carbons (Fsp3) is 0.250. The number of aryl methyl sites for hydroxylation is 1. The summed E-state index contributed by atoms with van der Waals surface area (Å²) in [5.74, 6) is 0. The molecule has 0 unspecified atom stereocenters. The summed E-state index contributed by atoms with van der Waals surface area (Å²) in [6, 6.07) is 6.61. The summed E-state index contributed by atoms with van der Waals surface area (Å²) in [5, 5.41) is 10.2. The lowest BCUT2D eigenvalue weighted by molar-refractivity contribution is -0.384. The number of non-ortho nitro benzene ring substituents is 1. The van der Waals surface area contributed by atoms with E-state index in [1.807, 2.05) is 6.92 Å². The van der Waals surface area contributed by atoms with Crippen molar-refractivity contribution in [1.82, 2.24) is 0 Å². The number of nitro groups is 1. The van der Waals surface area contributed by atoms with Crippen molar-refractivity contribution in [2.45, 2.75) is 13.3 Å². The van der Waals surface area contributed by atoms with Crippen LogP contribution in [0.1, 0.15) is 13.9 Å². The van der Waals surface area contributed by atoms with Gasteiger partial charge in [-0.05, 0) is 12.0 Å². The first-order chi connectivity index (χ1) is 5.24. The van der Waals surface area contributed by atoms with Gasteiger partial charge in [0.05, 0.1) is 4.92 Å². The average molecular weight is 152 g/mol. The predicted molar refractivity (Wildman–Crippen MR) is 43.6 cm³/mol. The van der Waals surface area contributed by atoms with Gasteiger partial charge in [0.1, 0.15) is 0 Å². The summed E-state index contributed by atoms with van der Waals surface area (Å²) in [5.41, 5.74) is 1.28. The summed E-state index contributed by atoms with van der Waals surface area (Å²) in [6.45, 7) is 2.02. The van der Waals surface area contributed by atoms with Crippen molar-refractivity contribution in [3.8, 4) is 0 Å². The molecule has 0 aliphatic rings. The topological polar surface area (TPSA) is 43.1 Å². The van der Waals surface area contributed by atoms with E-state index >= 15 is 0 Å². The molecule has 0 spiro atoms. The Morgan fingerprint density at radius 1 is 1.45 bits per heavy atom. The molecule has 3 heteroatoms. The van der Waals surface area contributed by atoms with Gasteiger partial charge in [0.15, 0.2) is 0 Å². The Morgan fingerprint density at radius 2 is 2.00 bits per heavy atom. The molecule has 0 radical (unpaired) electrons. The molecular formula is C8H10NO2+. The fourth-order valence-electron chi connectivity index (χ4n) is 0.853. The summed E-state index contributed by atoms with van der Waals surface area (Å²) in [6.07, 6.45) is 0.915. The van der Waals surface area contributed by atoms with E-state index in [2.05, 4.69) is 0 Å². The molecule has 3 nitrogen and oxygen atoms in total. The van der Waals surface area contributed by atoms with Crippen molar-refractivity contribution < 1.29 is 6.35 Å². The quantitative estimate of drug-likeness (QED) is 0.482. The van der Waals surface area contributed by atoms with Crippen LogP contribution in [-0.2, 0) is 6.42 Å². The molecule has 0 N–H and O–H groups in total. The molecule has 0 aliphatic carbocycles. The van der Waals surface area contributed by atoms with Crippen LogP contribution in [0.2, 0.25) is 0 Å². The third-order valence-electron chi connectivity index (χ3n) is 1.56. The van der Waals surface area contributed by atoms with Gasteiger partial charge in [-0.25, -0.2) is 0 Å². The summed E-state index contributed by atoms with van der Waals surface area (Å²) in [7, 11) is 0. The second-order valence-corrected chi connectivity index (χ2v) is 2.28. The number of nitrogens with zero attached hydrogens (tertiary/aromatic N) is 1. The fourth-order valence-corrected chi connectivity index (χ4v) is 0.853. The van der Waals surface area contributed by atoms with Crippen molar-refractivity contribution in [2.75, 3.05) is 0 Å². The van der Waals surface area contributed by atoms with E-state index in [9.17, 15) is 10.1 Å². The lowest BCUT2D eigenvalue weighted by Gasteiger charge is -1.93. The van der Waals surface area contributed by atoms with Crippen LogP contribution in [-0.4, -0.2) is 4.92 Å². The van der Waals surface area contributed by atoms with Crippen molar-refractivity contribution in [3.05, 3.63) is 39.9 Å². The molecule has 1 aromatic rings. The zero-order chi connectivity index (χ0) is 8.27. The number of nitro benzene ring substituents is 1. The Hall–Kier alpha value is -1.38. The van der Waals surface area contributed by atoms with Crippen molar-refractivity contribution in [1.29, 1.82) is 0 Å². The minimum Gasteiger partial charge on any atom is -0.258 e. The van der Waals surface area contributed by atoms with Gasteiger partial charge in [-0.3, -0.25) is 10.1 Å². The van der Waals surface area contributed by atoms with Crippen LogP contribution in [0.25, 0.3) is 0 Å². The van der Waals surface area contributed by atoms with Crippen molar-refractivity contribution in [2.24, 2.45) is 0 Å². The molecule has 0 saturated heterocycles. The van der Waals surface area contributed by atoms with Crippen molar-refractivity contribution in [3.63, 3.8) is 0 Å². The largest absolute Gasteiger partial charge is 1.00 e. The van der Waals surface area contributed by atoms with Gasteiger partial charge in [-0.2, -0.15) is 0 Å². The van der Waals surface area contributed by atoms with Gasteiger partial charge in [-0.1, -0.05) is 19.1 Å². The zero-order valence-corrected chi connectivity index (χ0v) is 6.28. The first kappa shape index (κ1) is 7.72. The highest BCUT2D eigenvalue weighted by Gasteiger charge is 2.01. The maximum Gasteiger partial charge on any atom is 1.00 e. The molecule has 11 heavy (non-hydrogen) atoms. The highest BCUT2D eigenvalue weighted by Crippen LogP contribution is 2.11. The van der Waals surface area contributed by atoms with Crippen LogP contribution < -0.4 is 0 Å². The van der Waals surface area contributed by atoms with Crippen LogP contribution in [0.3, 0.4) is 0 Å². The zero-order valence-electron chi connectivity index (χ0n) is 7.28. The molecule has 0 aliphatic heterocycles. The highest BCUT2D eigenvalue weighted by atomic mass is 16.6. The lowest BCUT2D eigenvalue weighted by Crippen LogP contribution is -1.87. The molecule has 1 aromatic carbocycles. The van der Waals surface area contributed by atoms with E-state index in [1.54, 1.807) is 12.1 Å². The molecule has 0 fully saturated rings. The van der Waals surface area contributed by atoms with Crippen LogP contribution in [0, 0.1) is 10.1 Å². The van der Waals surface area contributed by atoms with E-state index in [0.717, 1.165) is 12.0 Å². The van der Waals surface area contributed by atoms with Crippen LogP contribution in [0.4, 0.5) is 5.69 Å². The Bertz CT molecular complexity index is 258. The van der Waals surface area contributed by atoms with Gasteiger partial charge in [0.25, 0.3) is 5.69 Å². The summed E-state index contributed by atoms with van der Waals surface area (Å²) < 4.78 is 0. The Labute approximate surface area is 66.3 Å². The summed E-state index contributed by atoms with van der Waals surface area (Å²) >= 11 is 0. The molecule has 0 atom stereocenters. The second-order valence-electron chi connectivity index (χ2n) is 2.28. The Kier molecular flexibility index (Phi) is 2.21. The SMILES string of the molecule is CCc1ccc([N+](=O)[O-])cc1.[H+]. The second kappa shape index (κ2) is 3.14. The molecular weight excluding hydrogens is 142 g/mol. The molecule has 0 aromatic heterocycles. The van der Waals surface area contributed by atoms with Gasteiger partial charge >= 0.3 is 1.43 Å². The maximum atomic E-state index is 10.2. The van der Waals surface area contributed by atoms with Crippen LogP contribution in [0.5, 0.6) is 0 Å². The lowest BCUT2D eigenvalue weighted by atomic mass is 10.2. The molecule has 58 valence electrons. The first-order valence-electron chi connectivity index (χ1n) is 3.47. The Balaban J connectivity index is 0.00000121. The van der Waals surface area contributed by atoms with E-state index < -0.39 is 0 Å². The van der Waals surface area contributed by atoms with Crippen LogP contribution >= 0.6 is 0 Å². The van der Waals surface area contributed by atoms with E-state index in [0.29, 0.717) is 0 Å². The van der Waals surface area contributed by atoms with E-state index in [1.165, 1.54) is 12.1 Å². The third-order valence-corrected chi connectivity index (χ3v) is 1.56. The summed E-state index contributed by atoms with van der Waals surface area (Å²) in [4.78, 5) is 9.82. The normalized spacial score (nSPS) is 9.55. The standard InChI is InChI=1S/C8H9NO2/c1-2-7-3-5-8(6-4-7)9(10)11/h3-6H,2H2,1H3/p+1. The number of rotatable bonds is 2. The monoisotopic (exact) mass is 152 g/mol. The van der Waals surface area contributed by atoms with Gasteiger partial charge in [-0.15, -0.1) is 0 Å². The molecule has 0 amide bonds. The van der Waals surface area contributed by atoms with E-state index in [4.69, 9.17) is 0 Å². The molecule has 0 heterocycles. The molecule has 1 rings (SSSR count). The van der Waals surface area contributed by atoms with Gasteiger partial charge in [0.2, 0.25) is 0 Å². The van der Waals surface area contributed by atoms with Gasteiger partial charge in [0, 0.05) is 12.1 Å².